The first kappa shape index (κ1) is 25.3. The fourth-order valence-corrected chi connectivity index (χ4v) is 5.99. The molecule has 2 N–H and O–H groups in total. The fourth-order valence-electron chi connectivity index (χ4n) is 5.08. The van der Waals surface area contributed by atoms with E-state index in [1.807, 2.05) is 6.07 Å². The zero-order valence-corrected chi connectivity index (χ0v) is 21.7. The third-order valence-corrected chi connectivity index (χ3v) is 8.00. The molecule has 0 atom stereocenters. The van der Waals surface area contributed by atoms with Gasteiger partial charge in [-0.15, -0.1) is 12.4 Å². The molecular formula is C27H27ClN4O4S. The van der Waals surface area contributed by atoms with Crippen molar-refractivity contribution in [2.24, 2.45) is 0 Å². The molecule has 6 rings (SSSR count). The second kappa shape index (κ2) is 10.2. The van der Waals surface area contributed by atoms with E-state index in [0.717, 1.165) is 36.2 Å². The highest BCUT2D eigenvalue weighted by atomic mass is 35.5. The third-order valence-electron chi connectivity index (χ3n) is 6.85. The van der Waals surface area contributed by atoms with Crippen LogP contribution in [0.4, 0.5) is 0 Å². The number of rotatable bonds is 6. The van der Waals surface area contributed by atoms with E-state index >= 15 is 0 Å². The lowest BCUT2D eigenvalue weighted by molar-refractivity contribution is 0.0966. The molecule has 2 aromatic heterocycles. The second-order valence-electron chi connectivity index (χ2n) is 9.29. The van der Waals surface area contributed by atoms with Crippen LogP contribution in [0.5, 0.6) is 5.75 Å². The van der Waals surface area contributed by atoms with Gasteiger partial charge in [0.25, 0.3) is 5.91 Å². The first-order chi connectivity index (χ1) is 17.5. The molecule has 0 bridgehead atoms. The van der Waals surface area contributed by atoms with Crippen LogP contribution in [-0.4, -0.2) is 42.3 Å². The van der Waals surface area contributed by atoms with E-state index in [0.29, 0.717) is 16.7 Å². The number of carbonyl (C=O) groups excluding carboxylic acids is 1. The number of nitrogens with zero attached hydrogens (tertiary/aromatic N) is 2. The number of H-pyrrole nitrogens is 1. The van der Waals surface area contributed by atoms with Crippen LogP contribution in [0.1, 0.15) is 40.7 Å². The number of carbonyl (C=O) groups is 1. The summed E-state index contributed by atoms with van der Waals surface area (Å²) in [6, 6.07) is 16.4. The molecule has 0 radical (unpaired) electrons. The zero-order chi connectivity index (χ0) is 24.7. The Labute approximate surface area is 221 Å². The topological polar surface area (TPSA) is 104 Å². The highest BCUT2D eigenvalue weighted by Crippen LogP contribution is 2.37. The van der Waals surface area contributed by atoms with Crippen LogP contribution in [0.3, 0.4) is 0 Å². The van der Waals surface area contributed by atoms with E-state index in [-0.39, 0.29) is 35.6 Å². The lowest BCUT2D eigenvalue weighted by Crippen LogP contribution is -2.28. The molecule has 4 aromatic rings. The number of amides is 1. The number of hydrogen-bond donors (Lipinski definition) is 2. The molecule has 2 aliphatic rings. The Morgan fingerprint density at radius 3 is 2.62 bits per heavy atom. The monoisotopic (exact) mass is 538 g/mol. The summed E-state index contributed by atoms with van der Waals surface area (Å²) in [7, 11) is -4.13. The van der Waals surface area contributed by atoms with Crippen LogP contribution in [0.15, 0.2) is 65.8 Å². The number of fused-ring (bicyclic) bond motifs is 2. The van der Waals surface area contributed by atoms with Crippen molar-refractivity contribution in [2.75, 3.05) is 13.1 Å². The predicted octanol–water partition coefficient (Wildman–Crippen LogP) is 4.65. The number of likely N-dealkylation sites (tertiary alicyclic amines) is 1. The Morgan fingerprint density at radius 1 is 1.00 bits per heavy atom. The summed E-state index contributed by atoms with van der Waals surface area (Å²) in [6.45, 7) is 3.41. The molecule has 1 amide bonds. The molecule has 4 heterocycles. The van der Waals surface area contributed by atoms with Crippen LogP contribution in [0.2, 0.25) is 0 Å². The standard InChI is InChI=1S/C27H26N4O4S.ClH/c32-27-26-20(8-10-24(21(26)16-29-27)35-36(33,34)25-6-2-3-11-28-25)23-15-19-14-18(7-9-22(19)30-23)17-31-12-4-1-5-13-31;/h2-3,6-11,14-15,30H,1,4-5,12-13,16-17H2,(H,29,32);1H. The van der Waals surface area contributed by atoms with Gasteiger partial charge in [-0.2, -0.15) is 8.42 Å². The molecule has 0 aliphatic carbocycles. The van der Waals surface area contributed by atoms with Crippen molar-refractivity contribution in [3.8, 4) is 17.0 Å². The van der Waals surface area contributed by atoms with Gasteiger partial charge >= 0.3 is 10.1 Å². The molecule has 0 unspecified atom stereocenters. The summed E-state index contributed by atoms with van der Waals surface area (Å²) in [6.07, 6.45) is 5.22. The summed E-state index contributed by atoms with van der Waals surface area (Å²) in [5.41, 5.74) is 4.69. The number of halogens is 1. The van der Waals surface area contributed by atoms with Crippen molar-refractivity contribution in [2.45, 2.75) is 37.4 Å². The number of piperidine rings is 1. The number of hydrogen-bond acceptors (Lipinski definition) is 6. The van der Waals surface area contributed by atoms with Crippen LogP contribution < -0.4 is 9.50 Å². The van der Waals surface area contributed by atoms with Gasteiger partial charge in [-0.25, -0.2) is 4.98 Å². The maximum Gasteiger partial charge on any atom is 0.356 e. The SMILES string of the molecule is Cl.O=C1NCc2c(OS(=O)(=O)c3ccccn3)ccc(-c3cc4cc(CN5CCCCC5)ccc4[nH]3)c21. The minimum atomic E-state index is -4.13. The summed E-state index contributed by atoms with van der Waals surface area (Å²) in [5.74, 6) is -0.136. The predicted molar refractivity (Wildman–Crippen MR) is 143 cm³/mol. The second-order valence-corrected chi connectivity index (χ2v) is 10.8. The minimum Gasteiger partial charge on any atom is -0.377 e. The highest BCUT2D eigenvalue weighted by Gasteiger charge is 2.30. The van der Waals surface area contributed by atoms with E-state index in [1.54, 1.807) is 24.3 Å². The summed E-state index contributed by atoms with van der Waals surface area (Å²) < 4.78 is 30.9. The Bertz CT molecular complexity index is 1560. The van der Waals surface area contributed by atoms with Crippen LogP contribution >= 0.6 is 12.4 Å². The normalized spacial score (nSPS) is 15.7. The maximum absolute atomic E-state index is 12.8. The number of aromatic amines is 1. The van der Waals surface area contributed by atoms with Crippen LogP contribution in [0, 0.1) is 0 Å². The molecule has 10 heteroatoms. The highest BCUT2D eigenvalue weighted by molar-refractivity contribution is 7.87. The largest absolute Gasteiger partial charge is 0.377 e. The smallest absolute Gasteiger partial charge is 0.356 e. The van der Waals surface area contributed by atoms with E-state index < -0.39 is 10.1 Å². The average molecular weight is 539 g/mol. The zero-order valence-electron chi connectivity index (χ0n) is 20.1. The summed E-state index contributed by atoms with van der Waals surface area (Å²) in [5, 5.41) is 3.69. The maximum atomic E-state index is 12.8. The molecule has 2 aromatic carbocycles. The van der Waals surface area contributed by atoms with Gasteiger partial charge in [0.15, 0.2) is 5.03 Å². The first-order valence-electron chi connectivity index (χ1n) is 12.1. The molecule has 1 saturated heterocycles. The number of nitrogens with one attached hydrogen (secondary N) is 2. The van der Waals surface area contributed by atoms with Gasteiger partial charge in [0, 0.05) is 47.0 Å². The molecule has 0 saturated carbocycles. The van der Waals surface area contributed by atoms with Gasteiger partial charge in [-0.05, 0) is 74.0 Å². The van der Waals surface area contributed by atoms with Crippen molar-refractivity contribution in [1.82, 2.24) is 20.2 Å². The van der Waals surface area contributed by atoms with E-state index in [9.17, 15) is 13.2 Å². The minimum absolute atomic E-state index is 0. The van der Waals surface area contributed by atoms with Gasteiger partial charge in [-0.3, -0.25) is 9.69 Å². The molecule has 1 fully saturated rings. The molecule has 2 aliphatic heterocycles. The van der Waals surface area contributed by atoms with Gasteiger partial charge in [0.05, 0.1) is 5.56 Å². The van der Waals surface area contributed by atoms with Crippen molar-refractivity contribution in [3.05, 3.63) is 77.5 Å². The van der Waals surface area contributed by atoms with E-state index in [4.69, 9.17) is 4.18 Å². The molecular weight excluding hydrogens is 512 g/mol. The van der Waals surface area contributed by atoms with Crippen molar-refractivity contribution in [1.29, 1.82) is 0 Å². The summed E-state index contributed by atoms with van der Waals surface area (Å²) in [4.78, 5) is 22.6. The number of pyridine rings is 1. The molecule has 0 spiro atoms. The van der Waals surface area contributed by atoms with E-state index in [2.05, 4.69) is 38.4 Å². The Hall–Kier alpha value is -3.40. The lowest BCUT2D eigenvalue weighted by atomic mass is 9.99. The Morgan fingerprint density at radius 2 is 1.84 bits per heavy atom. The lowest BCUT2D eigenvalue weighted by Gasteiger charge is -2.26. The van der Waals surface area contributed by atoms with Crippen LogP contribution in [0.25, 0.3) is 22.2 Å². The number of benzene rings is 2. The first-order valence-corrected chi connectivity index (χ1v) is 13.5. The quantitative estimate of drug-likeness (QED) is 0.346. The fraction of sp³-hybridized carbons (Fsp3) is 0.259. The molecule has 192 valence electrons. The van der Waals surface area contributed by atoms with Crippen molar-refractivity contribution >= 4 is 39.3 Å². The molecule has 37 heavy (non-hydrogen) atoms. The van der Waals surface area contributed by atoms with Crippen LogP contribution in [-0.2, 0) is 23.2 Å². The van der Waals surface area contributed by atoms with Gasteiger partial charge in [-0.1, -0.05) is 18.6 Å². The third kappa shape index (κ3) is 4.94. The van der Waals surface area contributed by atoms with E-state index in [1.165, 1.54) is 37.1 Å². The van der Waals surface area contributed by atoms with Crippen molar-refractivity contribution < 1.29 is 17.4 Å². The summed E-state index contributed by atoms with van der Waals surface area (Å²) >= 11 is 0. The van der Waals surface area contributed by atoms with Gasteiger partial charge < -0.3 is 14.5 Å². The van der Waals surface area contributed by atoms with Gasteiger partial charge in [0.2, 0.25) is 0 Å². The number of aromatic nitrogens is 2. The molecule has 8 nitrogen and oxygen atoms in total. The van der Waals surface area contributed by atoms with Crippen molar-refractivity contribution in [3.63, 3.8) is 0 Å². The van der Waals surface area contributed by atoms with Gasteiger partial charge in [0.1, 0.15) is 5.75 Å². The Kier molecular flexibility index (Phi) is 6.94. The average Bonchev–Trinajstić information content (AvgIpc) is 3.49. The Balaban J connectivity index is 0.00000280.